The molecule has 40 heavy (non-hydrogen) atoms. The van der Waals surface area contributed by atoms with Crippen molar-refractivity contribution in [1.82, 2.24) is 10.2 Å². The Labute approximate surface area is 243 Å². The molecule has 7 nitrogen and oxygen atoms in total. The van der Waals surface area contributed by atoms with Gasteiger partial charge >= 0.3 is 6.09 Å². The molecule has 2 fully saturated rings. The highest BCUT2D eigenvalue weighted by Crippen LogP contribution is 2.55. The highest BCUT2D eigenvalue weighted by Gasteiger charge is 2.64. The molecule has 214 valence electrons. The highest BCUT2D eigenvalue weighted by atomic mass is 35.5. The fourth-order valence-electron chi connectivity index (χ4n) is 6.43. The van der Waals surface area contributed by atoms with Crippen LogP contribution < -0.4 is 10.1 Å². The number of nitrogens with one attached hydrogen (secondary N) is 1. The van der Waals surface area contributed by atoms with Crippen molar-refractivity contribution in [1.29, 1.82) is 0 Å². The molecule has 2 aliphatic rings. The molecule has 0 aromatic heterocycles. The SMILES string of the molecule is [C-]#[N+]c1ccc(OC2C(C)(C)C(NC(=O)c3ccc(C4CCN(C(=O)OC(C)(C)C)CC4)cc3)C2(C)C)cc1Cl. The minimum Gasteiger partial charge on any atom is -0.489 e. The van der Waals surface area contributed by atoms with Gasteiger partial charge in [0, 0.05) is 35.5 Å². The van der Waals surface area contributed by atoms with E-state index in [0.29, 0.717) is 41.0 Å². The van der Waals surface area contributed by atoms with E-state index in [1.54, 1.807) is 23.1 Å². The molecule has 1 saturated heterocycles. The number of piperidine rings is 1. The second kappa shape index (κ2) is 11.0. The fraction of sp³-hybridized carbons (Fsp3) is 0.531. The molecule has 0 atom stereocenters. The number of carbonyl (C=O) groups excluding carboxylic acids is 2. The van der Waals surface area contributed by atoms with Crippen LogP contribution >= 0.6 is 11.6 Å². The summed E-state index contributed by atoms with van der Waals surface area (Å²) in [4.78, 5) is 30.8. The summed E-state index contributed by atoms with van der Waals surface area (Å²) in [5, 5.41) is 3.62. The van der Waals surface area contributed by atoms with Crippen molar-refractivity contribution in [3.8, 4) is 5.75 Å². The van der Waals surface area contributed by atoms with Gasteiger partial charge in [0.05, 0.1) is 11.6 Å². The molecule has 2 aromatic carbocycles. The number of ether oxygens (including phenoxy) is 2. The zero-order chi connectivity index (χ0) is 29.5. The first-order valence-electron chi connectivity index (χ1n) is 13.9. The van der Waals surface area contributed by atoms with Crippen LogP contribution in [0.25, 0.3) is 4.85 Å². The van der Waals surface area contributed by atoms with E-state index < -0.39 is 5.60 Å². The second-order valence-corrected chi connectivity index (χ2v) is 13.5. The summed E-state index contributed by atoms with van der Waals surface area (Å²) in [6.45, 7) is 22.5. The number of carbonyl (C=O) groups is 2. The number of halogens is 1. The average molecular weight is 566 g/mol. The van der Waals surface area contributed by atoms with Crippen LogP contribution in [-0.4, -0.2) is 47.7 Å². The Bertz CT molecular complexity index is 1280. The quantitative estimate of drug-likeness (QED) is 0.378. The van der Waals surface area contributed by atoms with Gasteiger partial charge in [-0.15, -0.1) is 0 Å². The first-order valence-corrected chi connectivity index (χ1v) is 14.2. The van der Waals surface area contributed by atoms with Gasteiger partial charge in [0.25, 0.3) is 5.91 Å². The first kappa shape index (κ1) is 29.7. The van der Waals surface area contributed by atoms with E-state index in [-0.39, 0.29) is 35.0 Å². The van der Waals surface area contributed by atoms with Gasteiger partial charge in [-0.05, 0) is 69.4 Å². The molecule has 1 heterocycles. The van der Waals surface area contributed by atoms with E-state index in [2.05, 4.69) is 37.9 Å². The van der Waals surface area contributed by atoms with E-state index in [1.807, 2.05) is 45.0 Å². The van der Waals surface area contributed by atoms with Crippen molar-refractivity contribution in [2.45, 2.75) is 85.0 Å². The van der Waals surface area contributed by atoms with Crippen LogP contribution in [0, 0.1) is 17.4 Å². The summed E-state index contributed by atoms with van der Waals surface area (Å²) in [5.41, 5.74) is 1.04. The van der Waals surface area contributed by atoms with E-state index in [9.17, 15) is 9.59 Å². The Morgan fingerprint density at radius 3 is 2.15 bits per heavy atom. The molecule has 2 aromatic rings. The number of benzene rings is 2. The number of hydrogen-bond acceptors (Lipinski definition) is 4. The van der Waals surface area contributed by atoms with Crippen molar-refractivity contribution in [2.75, 3.05) is 13.1 Å². The molecule has 1 saturated carbocycles. The molecular formula is C32H40ClN3O4. The van der Waals surface area contributed by atoms with Gasteiger partial charge in [0.1, 0.15) is 17.5 Å². The third-order valence-corrected chi connectivity index (χ3v) is 8.50. The molecule has 1 aliphatic carbocycles. The fourth-order valence-corrected chi connectivity index (χ4v) is 6.64. The van der Waals surface area contributed by atoms with Crippen molar-refractivity contribution < 1.29 is 19.1 Å². The van der Waals surface area contributed by atoms with Crippen LogP contribution in [0.4, 0.5) is 10.5 Å². The van der Waals surface area contributed by atoms with Gasteiger partial charge in [-0.1, -0.05) is 57.5 Å². The topological polar surface area (TPSA) is 72.2 Å². The third kappa shape index (κ3) is 6.07. The molecule has 4 rings (SSSR count). The predicted molar refractivity (Wildman–Crippen MR) is 157 cm³/mol. The Kier molecular flexibility index (Phi) is 8.15. The molecule has 1 N–H and O–H groups in total. The molecule has 1 aliphatic heterocycles. The molecule has 0 bridgehead atoms. The van der Waals surface area contributed by atoms with E-state index in [0.717, 1.165) is 12.8 Å². The molecular weight excluding hydrogens is 526 g/mol. The summed E-state index contributed by atoms with van der Waals surface area (Å²) in [6.07, 6.45) is 1.31. The number of rotatable bonds is 5. The lowest BCUT2D eigenvalue weighted by atomic mass is 9.49. The third-order valence-electron chi connectivity index (χ3n) is 8.20. The smallest absolute Gasteiger partial charge is 0.410 e. The monoisotopic (exact) mass is 565 g/mol. The molecule has 0 radical (unpaired) electrons. The first-order chi connectivity index (χ1) is 18.6. The number of amides is 2. The molecule has 0 spiro atoms. The van der Waals surface area contributed by atoms with E-state index in [1.165, 1.54) is 5.56 Å². The largest absolute Gasteiger partial charge is 0.489 e. The number of likely N-dealkylation sites (tertiary alicyclic amines) is 1. The maximum Gasteiger partial charge on any atom is 0.410 e. The van der Waals surface area contributed by atoms with Crippen LogP contribution in [0.1, 0.15) is 83.1 Å². The Morgan fingerprint density at radius 2 is 1.62 bits per heavy atom. The van der Waals surface area contributed by atoms with Gasteiger partial charge in [0.2, 0.25) is 5.69 Å². The van der Waals surface area contributed by atoms with Crippen LogP contribution in [0.3, 0.4) is 0 Å². The maximum atomic E-state index is 13.3. The molecule has 2 amide bonds. The lowest BCUT2D eigenvalue weighted by Crippen LogP contribution is -2.74. The average Bonchev–Trinajstić information content (AvgIpc) is 2.89. The van der Waals surface area contributed by atoms with Crippen LogP contribution in [0.15, 0.2) is 42.5 Å². The lowest BCUT2D eigenvalue weighted by Gasteiger charge is -2.63. The van der Waals surface area contributed by atoms with Crippen LogP contribution in [0.2, 0.25) is 5.02 Å². The standard InChI is InChI=1S/C32H40ClN3O4/c1-30(2,3)40-29(38)36-17-15-21(16-18-36)20-9-11-22(12-10-20)26(37)35-27-31(4,5)28(32(27,6)7)39-23-13-14-25(34-8)24(33)19-23/h9-14,19,21,27-28H,15-18H2,1-7H3,(H,35,37). The molecule has 8 heteroatoms. The van der Waals surface area contributed by atoms with Gasteiger partial charge in [0.15, 0.2) is 0 Å². The van der Waals surface area contributed by atoms with Crippen LogP contribution in [0.5, 0.6) is 5.75 Å². The minimum absolute atomic E-state index is 0.104. The zero-order valence-corrected chi connectivity index (χ0v) is 25.3. The summed E-state index contributed by atoms with van der Waals surface area (Å²) in [6, 6.07) is 12.8. The summed E-state index contributed by atoms with van der Waals surface area (Å²) in [7, 11) is 0. The van der Waals surface area contributed by atoms with E-state index in [4.69, 9.17) is 27.6 Å². The number of nitrogens with zero attached hydrogens (tertiary/aromatic N) is 2. The Hall–Kier alpha value is -3.24. The molecule has 0 unspecified atom stereocenters. The second-order valence-electron chi connectivity index (χ2n) is 13.1. The van der Waals surface area contributed by atoms with Crippen molar-refractivity contribution in [3.05, 3.63) is 70.0 Å². The van der Waals surface area contributed by atoms with Gasteiger partial charge in [-0.2, -0.15) is 0 Å². The summed E-state index contributed by atoms with van der Waals surface area (Å²) < 4.78 is 11.8. The van der Waals surface area contributed by atoms with Crippen molar-refractivity contribution in [2.24, 2.45) is 10.8 Å². The maximum absolute atomic E-state index is 13.3. The number of hydrogen-bond donors (Lipinski definition) is 1. The van der Waals surface area contributed by atoms with Gasteiger partial charge in [-0.25, -0.2) is 9.64 Å². The van der Waals surface area contributed by atoms with Gasteiger partial charge in [-0.3, -0.25) is 4.79 Å². The Balaban J connectivity index is 1.35. The summed E-state index contributed by atoms with van der Waals surface area (Å²) >= 11 is 6.21. The van der Waals surface area contributed by atoms with E-state index >= 15 is 0 Å². The summed E-state index contributed by atoms with van der Waals surface area (Å²) in [5.74, 6) is 0.844. The lowest BCUT2D eigenvalue weighted by molar-refractivity contribution is -0.164. The zero-order valence-electron chi connectivity index (χ0n) is 24.5. The van der Waals surface area contributed by atoms with Crippen molar-refractivity contribution >= 4 is 29.3 Å². The van der Waals surface area contributed by atoms with Crippen molar-refractivity contribution in [3.63, 3.8) is 0 Å². The Morgan fingerprint density at radius 1 is 1.02 bits per heavy atom. The normalized spacial score (nSPS) is 22.0. The van der Waals surface area contributed by atoms with Crippen LogP contribution in [-0.2, 0) is 4.74 Å². The highest BCUT2D eigenvalue weighted by molar-refractivity contribution is 6.33. The minimum atomic E-state index is -0.498. The van der Waals surface area contributed by atoms with Gasteiger partial charge < -0.3 is 19.7 Å². The predicted octanol–water partition coefficient (Wildman–Crippen LogP) is 7.62.